The number of hydrogen-bond donors (Lipinski definition) is 1. The largest absolute Gasteiger partial charge is 0.480 e. The molecule has 1 aliphatic heterocycles. The van der Waals surface area contributed by atoms with Crippen molar-refractivity contribution in [2.24, 2.45) is 0 Å². The van der Waals surface area contributed by atoms with Crippen molar-refractivity contribution in [3.8, 4) is 0 Å². The number of carbonyl (C=O) groups is 2. The molecule has 1 heterocycles. The minimum absolute atomic E-state index is 0.222. The number of hydrogen-bond acceptors (Lipinski definition) is 3. The fourth-order valence-corrected chi connectivity index (χ4v) is 2.31. The van der Waals surface area contributed by atoms with E-state index in [2.05, 4.69) is 4.90 Å². The first kappa shape index (κ1) is 14.2. The van der Waals surface area contributed by atoms with Gasteiger partial charge in [-0.3, -0.25) is 4.79 Å². The van der Waals surface area contributed by atoms with Crippen LogP contribution in [0.2, 0.25) is 0 Å². The topological polar surface area (TPSA) is 64.1 Å². The molecule has 1 fully saturated rings. The Morgan fingerprint density at radius 2 is 1.75 bits per heavy atom. The van der Waals surface area contributed by atoms with Crippen LogP contribution in [0, 0.1) is 0 Å². The van der Waals surface area contributed by atoms with Crippen molar-refractivity contribution in [3.05, 3.63) is 30.3 Å². The second-order valence-electron chi connectivity index (χ2n) is 4.84. The van der Waals surface area contributed by atoms with Crippen LogP contribution < -0.4 is 4.90 Å². The minimum Gasteiger partial charge on any atom is -0.480 e. The molecule has 0 spiro atoms. The second kappa shape index (κ2) is 6.27. The van der Waals surface area contributed by atoms with Crippen LogP contribution in [0.4, 0.5) is 10.5 Å². The van der Waals surface area contributed by atoms with E-state index in [4.69, 9.17) is 5.11 Å². The molecule has 2 rings (SSSR count). The van der Waals surface area contributed by atoms with Gasteiger partial charge in [-0.25, -0.2) is 4.79 Å². The van der Waals surface area contributed by atoms with Gasteiger partial charge in [0.2, 0.25) is 0 Å². The lowest BCUT2D eigenvalue weighted by molar-refractivity contribution is -0.137. The first-order chi connectivity index (χ1) is 9.58. The standard InChI is InChI=1S/C14H19N3O3/c1-15(11-13(18)19)14(20)17-9-7-16(8-10-17)12-5-3-2-4-6-12/h2-6H,7-11H2,1H3,(H,18,19). The van der Waals surface area contributed by atoms with Gasteiger partial charge in [0, 0.05) is 38.9 Å². The molecule has 2 amide bonds. The molecule has 0 radical (unpaired) electrons. The van der Waals surface area contributed by atoms with Crippen LogP contribution in [-0.4, -0.2) is 66.7 Å². The summed E-state index contributed by atoms with van der Waals surface area (Å²) in [6.07, 6.45) is 0. The van der Waals surface area contributed by atoms with Crippen molar-refractivity contribution < 1.29 is 14.7 Å². The monoisotopic (exact) mass is 277 g/mol. The van der Waals surface area contributed by atoms with E-state index >= 15 is 0 Å². The summed E-state index contributed by atoms with van der Waals surface area (Å²) in [5, 5.41) is 8.70. The Morgan fingerprint density at radius 1 is 1.15 bits per heavy atom. The number of para-hydroxylation sites is 1. The first-order valence-corrected chi connectivity index (χ1v) is 6.60. The summed E-state index contributed by atoms with van der Waals surface area (Å²) >= 11 is 0. The molecule has 1 N–H and O–H groups in total. The summed E-state index contributed by atoms with van der Waals surface area (Å²) in [4.78, 5) is 27.8. The molecule has 0 bridgehead atoms. The van der Waals surface area contributed by atoms with Gasteiger partial charge in [-0.2, -0.15) is 0 Å². The van der Waals surface area contributed by atoms with E-state index < -0.39 is 5.97 Å². The molecule has 0 atom stereocenters. The molecule has 1 saturated heterocycles. The van der Waals surface area contributed by atoms with Crippen molar-refractivity contribution in [2.75, 3.05) is 44.7 Å². The molecule has 6 heteroatoms. The Kier molecular flexibility index (Phi) is 4.45. The van der Waals surface area contributed by atoms with E-state index in [1.807, 2.05) is 30.3 Å². The number of carboxylic acids is 1. The average molecular weight is 277 g/mol. The quantitative estimate of drug-likeness (QED) is 0.893. The van der Waals surface area contributed by atoms with Gasteiger partial charge in [-0.15, -0.1) is 0 Å². The third-order valence-corrected chi connectivity index (χ3v) is 3.37. The molecule has 108 valence electrons. The maximum absolute atomic E-state index is 12.0. The van der Waals surface area contributed by atoms with E-state index in [0.29, 0.717) is 13.1 Å². The molecule has 0 aromatic heterocycles. The van der Waals surface area contributed by atoms with Gasteiger partial charge in [-0.05, 0) is 12.1 Å². The Bertz CT molecular complexity index is 470. The number of aliphatic carboxylic acids is 1. The van der Waals surface area contributed by atoms with Crippen molar-refractivity contribution in [2.45, 2.75) is 0 Å². The number of nitrogens with zero attached hydrogens (tertiary/aromatic N) is 3. The lowest BCUT2D eigenvalue weighted by atomic mass is 10.2. The van der Waals surface area contributed by atoms with Gasteiger partial charge >= 0.3 is 12.0 Å². The predicted octanol–water partition coefficient (Wildman–Crippen LogP) is 0.945. The van der Waals surface area contributed by atoms with Crippen molar-refractivity contribution >= 4 is 17.7 Å². The predicted molar refractivity (Wildman–Crippen MR) is 75.9 cm³/mol. The molecule has 0 unspecified atom stereocenters. The number of benzene rings is 1. The van der Waals surface area contributed by atoms with Crippen molar-refractivity contribution in [1.82, 2.24) is 9.80 Å². The molecule has 1 aromatic carbocycles. The summed E-state index contributed by atoms with van der Waals surface area (Å²) in [6, 6.07) is 9.84. The number of carboxylic acid groups (broad SMARTS) is 1. The Balaban J connectivity index is 1.88. The van der Waals surface area contributed by atoms with E-state index in [1.165, 1.54) is 11.9 Å². The zero-order valence-corrected chi connectivity index (χ0v) is 11.5. The van der Waals surface area contributed by atoms with Gasteiger partial charge in [-0.1, -0.05) is 18.2 Å². The highest BCUT2D eigenvalue weighted by Crippen LogP contribution is 2.15. The summed E-state index contributed by atoms with van der Waals surface area (Å²) in [5.41, 5.74) is 1.15. The molecular weight excluding hydrogens is 258 g/mol. The fraction of sp³-hybridized carbons (Fsp3) is 0.429. The molecule has 20 heavy (non-hydrogen) atoms. The van der Waals surface area contributed by atoms with Gasteiger partial charge in [0.1, 0.15) is 6.54 Å². The minimum atomic E-state index is -0.997. The van der Waals surface area contributed by atoms with Gasteiger partial charge < -0.3 is 19.8 Å². The zero-order chi connectivity index (χ0) is 14.5. The van der Waals surface area contributed by atoms with Gasteiger partial charge in [0.25, 0.3) is 0 Å². The van der Waals surface area contributed by atoms with Crippen LogP contribution in [0.5, 0.6) is 0 Å². The Morgan fingerprint density at radius 3 is 2.30 bits per heavy atom. The van der Waals surface area contributed by atoms with Crippen LogP contribution in [0.3, 0.4) is 0 Å². The zero-order valence-electron chi connectivity index (χ0n) is 11.5. The highest BCUT2D eigenvalue weighted by atomic mass is 16.4. The van der Waals surface area contributed by atoms with Crippen LogP contribution in [0.15, 0.2) is 30.3 Å². The average Bonchev–Trinajstić information content (AvgIpc) is 2.47. The van der Waals surface area contributed by atoms with Gasteiger partial charge in [0.05, 0.1) is 0 Å². The third-order valence-electron chi connectivity index (χ3n) is 3.37. The fourth-order valence-electron chi connectivity index (χ4n) is 2.31. The molecule has 0 saturated carbocycles. The molecule has 0 aliphatic carbocycles. The highest BCUT2D eigenvalue weighted by molar-refractivity contribution is 5.80. The smallest absolute Gasteiger partial charge is 0.323 e. The van der Waals surface area contributed by atoms with Crippen LogP contribution in [0.1, 0.15) is 0 Å². The van der Waals surface area contributed by atoms with Crippen LogP contribution >= 0.6 is 0 Å². The summed E-state index contributed by atoms with van der Waals surface area (Å²) in [5.74, 6) is -0.997. The number of piperazine rings is 1. The maximum Gasteiger partial charge on any atom is 0.323 e. The Labute approximate surface area is 118 Å². The summed E-state index contributed by atoms with van der Waals surface area (Å²) in [7, 11) is 1.51. The van der Waals surface area contributed by atoms with Crippen LogP contribution in [0.25, 0.3) is 0 Å². The SMILES string of the molecule is CN(CC(=O)O)C(=O)N1CCN(c2ccccc2)CC1. The highest BCUT2D eigenvalue weighted by Gasteiger charge is 2.24. The second-order valence-corrected chi connectivity index (χ2v) is 4.84. The van der Waals surface area contributed by atoms with E-state index in [0.717, 1.165) is 18.8 Å². The number of amides is 2. The van der Waals surface area contributed by atoms with E-state index in [1.54, 1.807) is 4.90 Å². The number of carbonyl (C=O) groups excluding carboxylic acids is 1. The number of urea groups is 1. The lowest BCUT2D eigenvalue weighted by Crippen LogP contribution is -2.52. The van der Waals surface area contributed by atoms with Crippen molar-refractivity contribution in [1.29, 1.82) is 0 Å². The van der Waals surface area contributed by atoms with E-state index in [-0.39, 0.29) is 12.6 Å². The Hall–Kier alpha value is -2.24. The van der Waals surface area contributed by atoms with Crippen LogP contribution in [-0.2, 0) is 4.79 Å². The maximum atomic E-state index is 12.0. The van der Waals surface area contributed by atoms with Gasteiger partial charge in [0.15, 0.2) is 0 Å². The molecule has 1 aromatic rings. The molecular formula is C14H19N3O3. The number of likely N-dealkylation sites (N-methyl/N-ethyl adjacent to an activating group) is 1. The van der Waals surface area contributed by atoms with E-state index in [9.17, 15) is 9.59 Å². The molecule has 1 aliphatic rings. The lowest BCUT2D eigenvalue weighted by Gasteiger charge is -2.37. The number of anilines is 1. The number of rotatable bonds is 3. The summed E-state index contributed by atoms with van der Waals surface area (Å²) in [6.45, 7) is 2.47. The summed E-state index contributed by atoms with van der Waals surface area (Å²) < 4.78 is 0. The normalized spacial score (nSPS) is 15.1. The third kappa shape index (κ3) is 3.40. The molecule has 6 nitrogen and oxygen atoms in total. The first-order valence-electron chi connectivity index (χ1n) is 6.60. The van der Waals surface area contributed by atoms with Crippen molar-refractivity contribution in [3.63, 3.8) is 0 Å².